The van der Waals surface area contributed by atoms with Crippen LogP contribution < -0.4 is 0 Å². The summed E-state index contributed by atoms with van der Waals surface area (Å²) in [6, 6.07) is 3.59. The Morgan fingerprint density at radius 3 is 2.10 bits per heavy atom. The van der Waals surface area contributed by atoms with Gasteiger partial charge in [0.05, 0.1) is 24.4 Å². The molecule has 3 unspecified atom stereocenters. The molecule has 3 atom stereocenters. The number of alkyl halides is 6. The quantitative estimate of drug-likeness (QED) is 0.672. The zero-order chi connectivity index (χ0) is 22.2. The highest BCUT2D eigenvalue weighted by molar-refractivity contribution is 5.79. The van der Waals surface area contributed by atoms with Crippen LogP contribution in [-0.4, -0.2) is 30.5 Å². The predicted octanol–water partition coefficient (Wildman–Crippen LogP) is 5.06. The van der Waals surface area contributed by atoms with E-state index in [2.05, 4.69) is 0 Å². The number of carboxylic acids is 1. The number of ether oxygens (including phenoxy) is 2. The number of rotatable bonds is 5. The molecule has 0 aromatic heterocycles. The summed E-state index contributed by atoms with van der Waals surface area (Å²) in [4.78, 5) is 11.9. The van der Waals surface area contributed by atoms with Crippen LogP contribution in [0.5, 0.6) is 0 Å². The minimum Gasteiger partial charge on any atom is -0.496 e. The van der Waals surface area contributed by atoms with Crippen molar-refractivity contribution in [1.82, 2.24) is 0 Å². The molecule has 0 spiro atoms. The van der Waals surface area contributed by atoms with Gasteiger partial charge in [-0.15, -0.1) is 0 Å². The van der Waals surface area contributed by atoms with Crippen LogP contribution in [0.25, 0.3) is 0 Å². The lowest BCUT2D eigenvalue weighted by Crippen LogP contribution is -2.41. The van der Waals surface area contributed by atoms with Gasteiger partial charge in [-0.25, -0.2) is 4.79 Å². The molecule has 1 aliphatic carbocycles. The Balaban J connectivity index is 2.45. The van der Waals surface area contributed by atoms with Crippen LogP contribution in [0, 0.1) is 5.92 Å². The first-order chi connectivity index (χ1) is 13.2. The number of hydrogen-bond acceptors (Lipinski definition) is 3. The first-order valence-electron chi connectivity index (χ1n) is 8.34. The van der Waals surface area contributed by atoms with E-state index in [9.17, 15) is 36.2 Å². The van der Waals surface area contributed by atoms with Gasteiger partial charge in [0.1, 0.15) is 5.76 Å². The molecular formula is C19H18F6O4. The molecule has 0 radical (unpaired) electrons. The molecule has 0 fully saturated rings. The molecule has 10 heteroatoms. The molecule has 0 aliphatic heterocycles. The Hall–Kier alpha value is -2.49. The van der Waals surface area contributed by atoms with Gasteiger partial charge >= 0.3 is 18.3 Å². The highest BCUT2D eigenvalue weighted by Crippen LogP contribution is 2.40. The van der Waals surface area contributed by atoms with Gasteiger partial charge in [-0.3, -0.25) is 0 Å². The summed E-state index contributed by atoms with van der Waals surface area (Å²) in [7, 11) is 1.02. The Morgan fingerprint density at radius 2 is 1.62 bits per heavy atom. The highest BCUT2D eigenvalue weighted by Gasteiger charge is 2.45. The average molecular weight is 424 g/mol. The summed E-state index contributed by atoms with van der Waals surface area (Å²) in [5.74, 6) is -3.07. The van der Waals surface area contributed by atoms with E-state index >= 15 is 0 Å². The molecule has 0 saturated carbocycles. The third-order valence-corrected chi connectivity index (χ3v) is 4.57. The molecule has 4 nitrogen and oxygen atoms in total. The zero-order valence-corrected chi connectivity index (χ0v) is 15.6. The van der Waals surface area contributed by atoms with E-state index < -0.39 is 52.8 Å². The summed E-state index contributed by atoms with van der Waals surface area (Å²) < 4.78 is 88.7. The largest absolute Gasteiger partial charge is 0.496 e. The maximum atomic E-state index is 13.1. The Labute approximate surface area is 162 Å². The van der Waals surface area contributed by atoms with E-state index in [1.807, 2.05) is 0 Å². The lowest BCUT2D eigenvalue weighted by molar-refractivity contribution is -0.172. The van der Waals surface area contributed by atoms with Crippen LogP contribution >= 0.6 is 0 Å². The second kappa shape index (κ2) is 7.74. The molecule has 2 rings (SSSR count). The number of aliphatic carboxylic acids is 1. The lowest BCUT2D eigenvalue weighted by Gasteiger charge is -2.34. The fourth-order valence-corrected chi connectivity index (χ4v) is 2.89. The summed E-state index contributed by atoms with van der Waals surface area (Å²) in [5.41, 5.74) is -4.66. The fourth-order valence-electron chi connectivity index (χ4n) is 2.89. The van der Waals surface area contributed by atoms with Crippen molar-refractivity contribution in [2.24, 2.45) is 5.92 Å². The van der Waals surface area contributed by atoms with Gasteiger partial charge in [0.25, 0.3) is 0 Å². The van der Waals surface area contributed by atoms with Crippen LogP contribution in [0.2, 0.25) is 0 Å². The maximum absolute atomic E-state index is 13.1. The van der Waals surface area contributed by atoms with Gasteiger partial charge in [0.2, 0.25) is 0 Å². The SMILES string of the molecule is COC1=CC(OC(C)(C(=O)O)c2cccc(C(F)(F)F)c2)C(C)C=C1C(F)(F)F. The second-order valence-electron chi connectivity index (χ2n) is 6.67. The number of hydrogen-bond donors (Lipinski definition) is 1. The monoisotopic (exact) mass is 424 g/mol. The van der Waals surface area contributed by atoms with Crippen molar-refractivity contribution in [1.29, 1.82) is 0 Å². The molecule has 1 aliphatic rings. The summed E-state index contributed by atoms with van der Waals surface area (Å²) in [6.07, 6.45) is -8.79. The van der Waals surface area contributed by atoms with E-state index in [0.717, 1.165) is 44.4 Å². The van der Waals surface area contributed by atoms with E-state index in [0.29, 0.717) is 6.07 Å². The molecular weight excluding hydrogens is 406 g/mol. The maximum Gasteiger partial charge on any atom is 0.419 e. The number of allylic oxidation sites excluding steroid dienone is 1. The number of methoxy groups -OCH3 is 1. The average Bonchev–Trinajstić information content (AvgIpc) is 2.61. The predicted molar refractivity (Wildman–Crippen MR) is 89.7 cm³/mol. The summed E-state index contributed by atoms with van der Waals surface area (Å²) in [5, 5.41) is 9.65. The minimum absolute atomic E-state index is 0.301. The lowest BCUT2D eigenvalue weighted by atomic mass is 9.90. The fraction of sp³-hybridized carbons (Fsp3) is 0.421. The molecule has 1 aromatic carbocycles. The van der Waals surface area contributed by atoms with E-state index in [-0.39, 0.29) is 5.56 Å². The van der Waals surface area contributed by atoms with Crippen molar-refractivity contribution in [2.75, 3.05) is 7.11 Å². The van der Waals surface area contributed by atoms with Gasteiger partial charge in [0, 0.05) is 5.92 Å². The van der Waals surface area contributed by atoms with Crippen LogP contribution in [0.4, 0.5) is 26.3 Å². The Morgan fingerprint density at radius 1 is 1.03 bits per heavy atom. The van der Waals surface area contributed by atoms with Crippen molar-refractivity contribution in [3.63, 3.8) is 0 Å². The van der Waals surface area contributed by atoms with E-state index in [4.69, 9.17) is 9.47 Å². The minimum atomic E-state index is -4.71. The van der Waals surface area contributed by atoms with Crippen LogP contribution in [0.1, 0.15) is 25.0 Å². The van der Waals surface area contributed by atoms with Gasteiger partial charge < -0.3 is 14.6 Å². The number of carboxylic acid groups (broad SMARTS) is 1. The summed E-state index contributed by atoms with van der Waals surface area (Å²) in [6.45, 7) is 2.41. The van der Waals surface area contributed by atoms with E-state index in [1.165, 1.54) is 6.92 Å². The van der Waals surface area contributed by atoms with Gasteiger partial charge in [-0.05, 0) is 30.7 Å². The van der Waals surface area contributed by atoms with Crippen LogP contribution in [0.15, 0.2) is 47.7 Å². The molecule has 1 aromatic rings. The first kappa shape index (κ1) is 22.8. The molecule has 0 saturated heterocycles. The standard InChI is InChI=1S/C19H18F6O4/c1-10-7-13(19(23,24)25)15(28-3)9-14(10)29-17(2,16(26)27)11-5-4-6-12(8-11)18(20,21)22/h4-10,14H,1-3H3,(H,26,27). The Kier molecular flexibility index (Phi) is 6.08. The highest BCUT2D eigenvalue weighted by atomic mass is 19.4. The molecule has 160 valence electrons. The molecule has 0 bridgehead atoms. The number of carbonyl (C=O) groups is 1. The normalized spacial score (nSPS) is 22.4. The Bertz CT molecular complexity index is 840. The van der Waals surface area contributed by atoms with Gasteiger partial charge in [-0.2, -0.15) is 26.3 Å². The number of halogens is 6. The van der Waals surface area contributed by atoms with Crippen molar-refractivity contribution in [3.8, 4) is 0 Å². The molecule has 29 heavy (non-hydrogen) atoms. The van der Waals surface area contributed by atoms with Gasteiger partial charge in [0.15, 0.2) is 5.60 Å². The van der Waals surface area contributed by atoms with E-state index in [1.54, 1.807) is 0 Å². The smallest absolute Gasteiger partial charge is 0.419 e. The van der Waals surface area contributed by atoms with Crippen molar-refractivity contribution < 1.29 is 45.7 Å². The molecule has 1 N–H and O–H groups in total. The van der Waals surface area contributed by atoms with Crippen LogP contribution in [-0.2, 0) is 26.0 Å². The zero-order valence-electron chi connectivity index (χ0n) is 15.6. The summed E-state index contributed by atoms with van der Waals surface area (Å²) >= 11 is 0. The van der Waals surface area contributed by atoms with Crippen LogP contribution in [0.3, 0.4) is 0 Å². The molecule has 0 heterocycles. The first-order valence-corrected chi connectivity index (χ1v) is 8.34. The van der Waals surface area contributed by atoms with Gasteiger partial charge in [-0.1, -0.05) is 25.1 Å². The number of benzene rings is 1. The second-order valence-corrected chi connectivity index (χ2v) is 6.67. The molecule has 0 amide bonds. The third-order valence-electron chi connectivity index (χ3n) is 4.57. The van der Waals surface area contributed by atoms with Crippen molar-refractivity contribution in [3.05, 3.63) is 58.9 Å². The van der Waals surface area contributed by atoms with Crippen molar-refractivity contribution in [2.45, 2.75) is 37.9 Å². The third kappa shape index (κ3) is 4.75. The van der Waals surface area contributed by atoms with Crippen molar-refractivity contribution >= 4 is 5.97 Å². The topological polar surface area (TPSA) is 55.8 Å².